The number of non-ortho nitro benzene ring substituents is 1. The second-order valence-electron chi connectivity index (χ2n) is 5.88. The van der Waals surface area contributed by atoms with Crippen LogP contribution in [0.4, 0.5) is 22.9 Å². The first kappa shape index (κ1) is 17.2. The van der Waals surface area contributed by atoms with Gasteiger partial charge in [0.05, 0.1) is 23.4 Å². The topological polar surface area (TPSA) is 116 Å². The van der Waals surface area contributed by atoms with Crippen molar-refractivity contribution >= 4 is 22.9 Å². The van der Waals surface area contributed by atoms with Crippen LogP contribution in [0.15, 0.2) is 59.2 Å². The SMILES string of the molecule is Cc1cc([N+](=O)[O-])ccc1N=Nc1cnn(Cc2ccc[n+](C)c2)c1N. The first-order chi connectivity index (χ1) is 12.4. The number of nitrogens with two attached hydrogens (primary N) is 1. The molecule has 0 unspecified atom stereocenters. The molecule has 2 heterocycles. The number of pyridine rings is 1. The van der Waals surface area contributed by atoms with Crippen molar-refractivity contribution in [1.82, 2.24) is 9.78 Å². The number of anilines is 1. The summed E-state index contributed by atoms with van der Waals surface area (Å²) < 4.78 is 3.60. The highest BCUT2D eigenvalue weighted by Crippen LogP contribution is 2.28. The van der Waals surface area contributed by atoms with E-state index in [1.807, 2.05) is 36.1 Å². The van der Waals surface area contributed by atoms with Gasteiger partial charge in [-0.3, -0.25) is 10.1 Å². The van der Waals surface area contributed by atoms with Crippen molar-refractivity contribution in [3.05, 3.63) is 70.2 Å². The van der Waals surface area contributed by atoms with Crippen molar-refractivity contribution < 1.29 is 9.49 Å². The molecule has 0 saturated heterocycles. The molecule has 2 aromatic heterocycles. The van der Waals surface area contributed by atoms with Gasteiger partial charge in [-0.15, -0.1) is 5.11 Å². The highest BCUT2D eigenvalue weighted by Gasteiger charge is 2.10. The molecule has 132 valence electrons. The standard InChI is InChI=1S/C17H18N7O2/c1-12-8-14(24(25)26)5-6-15(12)20-21-16-9-19-23(17(16)18)11-13-4-3-7-22(2)10-13/h3-10H,11,18H2,1-2H3/q+1. The number of benzene rings is 1. The van der Waals surface area contributed by atoms with Gasteiger partial charge in [0.25, 0.3) is 5.69 Å². The van der Waals surface area contributed by atoms with Gasteiger partial charge >= 0.3 is 0 Å². The second-order valence-corrected chi connectivity index (χ2v) is 5.88. The zero-order valence-electron chi connectivity index (χ0n) is 14.4. The van der Waals surface area contributed by atoms with Crippen LogP contribution in [0.25, 0.3) is 0 Å². The van der Waals surface area contributed by atoms with Crippen LogP contribution in [-0.4, -0.2) is 14.7 Å². The van der Waals surface area contributed by atoms with Crippen molar-refractivity contribution in [2.75, 3.05) is 5.73 Å². The summed E-state index contributed by atoms with van der Waals surface area (Å²) in [6.07, 6.45) is 5.48. The molecule has 1 aromatic carbocycles. The maximum atomic E-state index is 10.8. The van der Waals surface area contributed by atoms with E-state index in [0.717, 1.165) is 5.56 Å². The average molecular weight is 352 g/mol. The van der Waals surface area contributed by atoms with Crippen molar-refractivity contribution in [2.24, 2.45) is 17.3 Å². The lowest BCUT2D eigenvalue weighted by Crippen LogP contribution is -2.27. The minimum atomic E-state index is -0.445. The molecule has 0 bridgehead atoms. The molecular weight excluding hydrogens is 334 g/mol. The number of nitrogen functional groups attached to an aromatic ring is 1. The average Bonchev–Trinajstić information content (AvgIpc) is 2.94. The predicted molar refractivity (Wildman–Crippen MR) is 95.4 cm³/mol. The van der Waals surface area contributed by atoms with E-state index in [1.165, 1.54) is 12.1 Å². The maximum Gasteiger partial charge on any atom is 0.269 e. The Morgan fingerprint density at radius 3 is 2.77 bits per heavy atom. The number of hydrogen-bond acceptors (Lipinski definition) is 6. The fraction of sp³-hybridized carbons (Fsp3) is 0.176. The fourth-order valence-corrected chi connectivity index (χ4v) is 2.48. The first-order valence-electron chi connectivity index (χ1n) is 7.86. The monoisotopic (exact) mass is 352 g/mol. The van der Waals surface area contributed by atoms with E-state index in [4.69, 9.17) is 5.73 Å². The minimum Gasteiger partial charge on any atom is -0.382 e. The van der Waals surface area contributed by atoms with Gasteiger partial charge in [-0.25, -0.2) is 9.25 Å². The molecule has 0 aliphatic heterocycles. The molecule has 3 aromatic rings. The van der Waals surface area contributed by atoms with Crippen LogP contribution >= 0.6 is 0 Å². The van der Waals surface area contributed by atoms with Gasteiger partial charge in [0.1, 0.15) is 18.6 Å². The third-order valence-electron chi connectivity index (χ3n) is 3.85. The Morgan fingerprint density at radius 2 is 2.08 bits per heavy atom. The van der Waals surface area contributed by atoms with Crippen LogP contribution in [0.2, 0.25) is 0 Å². The zero-order valence-corrected chi connectivity index (χ0v) is 14.4. The van der Waals surface area contributed by atoms with Crippen molar-refractivity contribution in [1.29, 1.82) is 0 Å². The summed E-state index contributed by atoms with van der Waals surface area (Å²) in [6, 6.07) is 8.34. The van der Waals surface area contributed by atoms with E-state index >= 15 is 0 Å². The van der Waals surface area contributed by atoms with Gasteiger partial charge in [-0.2, -0.15) is 10.2 Å². The Bertz CT molecular complexity index is 995. The number of nitro groups is 1. The van der Waals surface area contributed by atoms with Crippen LogP contribution in [0, 0.1) is 17.0 Å². The summed E-state index contributed by atoms with van der Waals surface area (Å²) in [5.41, 5.74) is 8.82. The number of azo groups is 1. The fourth-order valence-electron chi connectivity index (χ4n) is 2.48. The number of nitro benzene ring substituents is 1. The van der Waals surface area contributed by atoms with Crippen LogP contribution in [0.5, 0.6) is 0 Å². The third-order valence-corrected chi connectivity index (χ3v) is 3.85. The number of hydrogen-bond donors (Lipinski definition) is 1. The quantitative estimate of drug-likeness (QED) is 0.329. The molecule has 2 N–H and O–H groups in total. The summed E-state index contributed by atoms with van der Waals surface area (Å²) in [4.78, 5) is 10.3. The van der Waals surface area contributed by atoms with Crippen LogP contribution in [0.3, 0.4) is 0 Å². The number of aryl methyl sites for hydroxylation is 2. The molecule has 0 amide bonds. The smallest absolute Gasteiger partial charge is 0.269 e. The summed E-state index contributed by atoms with van der Waals surface area (Å²) in [5, 5.41) is 23.3. The summed E-state index contributed by atoms with van der Waals surface area (Å²) in [5.74, 6) is 0.403. The Balaban J connectivity index is 1.80. The molecule has 0 fully saturated rings. The van der Waals surface area contributed by atoms with Crippen LogP contribution < -0.4 is 10.3 Å². The lowest BCUT2D eigenvalue weighted by atomic mass is 10.2. The van der Waals surface area contributed by atoms with Gasteiger partial charge in [0.2, 0.25) is 0 Å². The van der Waals surface area contributed by atoms with E-state index in [-0.39, 0.29) is 5.69 Å². The second kappa shape index (κ2) is 7.09. The largest absolute Gasteiger partial charge is 0.382 e. The highest BCUT2D eigenvalue weighted by molar-refractivity contribution is 5.57. The lowest BCUT2D eigenvalue weighted by molar-refractivity contribution is -0.671. The number of rotatable bonds is 5. The van der Waals surface area contributed by atoms with Crippen molar-refractivity contribution in [2.45, 2.75) is 13.5 Å². The zero-order chi connectivity index (χ0) is 18.7. The van der Waals surface area contributed by atoms with E-state index in [2.05, 4.69) is 15.3 Å². The van der Waals surface area contributed by atoms with E-state index in [0.29, 0.717) is 29.3 Å². The van der Waals surface area contributed by atoms with Crippen molar-refractivity contribution in [3.8, 4) is 0 Å². The summed E-state index contributed by atoms with van der Waals surface area (Å²) in [6.45, 7) is 2.26. The molecule has 3 rings (SSSR count). The molecule has 9 heteroatoms. The predicted octanol–water partition coefficient (Wildman–Crippen LogP) is 2.97. The van der Waals surface area contributed by atoms with Crippen molar-refractivity contribution in [3.63, 3.8) is 0 Å². The molecule has 0 radical (unpaired) electrons. The Kier molecular flexibility index (Phi) is 4.70. The Hall–Kier alpha value is -3.62. The van der Waals surface area contributed by atoms with E-state index in [9.17, 15) is 10.1 Å². The normalized spacial score (nSPS) is 11.2. The molecule has 0 aliphatic carbocycles. The van der Waals surface area contributed by atoms with E-state index in [1.54, 1.807) is 23.9 Å². The lowest BCUT2D eigenvalue weighted by Gasteiger charge is -2.03. The molecule has 26 heavy (non-hydrogen) atoms. The first-order valence-corrected chi connectivity index (χ1v) is 7.86. The van der Waals surface area contributed by atoms with Crippen LogP contribution in [0.1, 0.15) is 11.1 Å². The third kappa shape index (κ3) is 3.72. The van der Waals surface area contributed by atoms with Gasteiger partial charge in [0, 0.05) is 23.8 Å². The van der Waals surface area contributed by atoms with E-state index < -0.39 is 4.92 Å². The number of nitrogens with zero attached hydrogens (tertiary/aromatic N) is 6. The van der Waals surface area contributed by atoms with Crippen LogP contribution in [-0.2, 0) is 13.6 Å². The number of aromatic nitrogens is 3. The molecule has 0 aliphatic rings. The molecule has 0 spiro atoms. The minimum absolute atomic E-state index is 0.0183. The molecular formula is C17H18N7O2+. The highest BCUT2D eigenvalue weighted by atomic mass is 16.6. The summed E-state index contributed by atoms with van der Waals surface area (Å²) >= 11 is 0. The van der Waals surface area contributed by atoms with Gasteiger partial charge in [-0.1, -0.05) is 0 Å². The Morgan fingerprint density at radius 1 is 1.31 bits per heavy atom. The van der Waals surface area contributed by atoms with Gasteiger partial charge in [-0.05, 0) is 24.6 Å². The molecule has 0 atom stereocenters. The summed E-state index contributed by atoms with van der Waals surface area (Å²) in [7, 11) is 1.95. The maximum absolute atomic E-state index is 10.8. The Labute approximate surface area is 149 Å². The van der Waals surface area contributed by atoms with Gasteiger partial charge < -0.3 is 5.73 Å². The molecule has 9 nitrogen and oxygen atoms in total. The molecule has 0 saturated carbocycles. The van der Waals surface area contributed by atoms with Gasteiger partial charge in [0.15, 0.2) is 12.4 Å².